The molecule has 1 N–H and O–H groups in total. The Bertz CT molecular complexity index is 1170. The molecule has 2 aromatic rings. The number of amides is 2. The average molecular weight is 518 g/mol. The molecule has 9 heteroatoms. The Labute approximate surface area is 215 Å². The fourth-order valence-corrected chi connectivity index (χ4v) is 4.80. The van der Waals surface area contributed by atoms with Crippen molar-refractivity contribution in [2.75, 3.05) is 24.2 Å². The predicted molar refractivity (Wildman–Crippen MR) is 144 cm³/mol. The van der Waals surface area contributed by atoms with Crippen molar-refractivity contribution in [3.05, 3.63) is 59.2 Å². The Morgan fingerprint density at radius 3 is 2.25 bits per heavy atom. The number of methoxy groups -OCH3 is 1. The van der Waals surface area contributed by atoms with Gasteiger partial charge in [-0.15, -0.1) is 0 Å². The quantitative estimate of drug-likeness (QED) is 0.462. The first-order valence-electron chi connectivity index (χ1n) is 12.2. The van der Waals surface area contributed by atoms with Gasteiger partial charge in [0.2, 0.25) is 21.8 Å². The fraction of sp³-hybridized carbons (Fsp3) is 0.481. The second-order valence-corrected chi connectivity index (χ2v) is 11.1. The van der Waals surface area contributed by atoms with Crippen LogP contribution in [0, 0.1) is 13.8 Å². The molecular weight excluding hydrogens is 478 g/mol. The highest BCUT2D eigenvalue weighted by atomic mass is 32.2. The first-order valence-corrected chi connectivity index (χ1v) is 14.0. The maximum atomic E-state index is 13.8. The molecule has 36 heavy (non-hydrogen) atoms. The van der Waals surface area contributed by atoms with Crippen LogP contribution in [0.2, 0.25) is 0 Å². The number of anilines is 1. The minimum Gasteiger partial charge on any atom is -0.495 e. The largest absolute Gasteiger partial charge is 0.495 e. The van der Waals surface area contributed by atoms with Crippen molar-refractivity contribution in [3.63, 3.8) is 0 Å². The van der Waals surface area contributed by atoms with Gasteiger partial charge in [0, 0.05) is 12.6 Å². The van der Waals surface area contributed by atoms with E-state index in [1.165, 1.54) is 12.0 Å². The number of ether oxygens (including phenoxy) is 1. The molecule has 0 radical (unpaired) electrons. The second-order valence-electron chi connectivity index (χ2n) is 9.20. The minimum absolute atomic E-state index is 0.0495. The van der Waals surface area contributed by atoms with Crippen LogP contribution in [0.1, 0.15) is 50.3 Å². The second kappa shape index (κ2) is 12.8. The molecule has 198 valence electrons. The normalized spacial score (nSPS) is 13.0. The van der Waals surface area contributed by atoms with Crippen molar-refractivity contribution >= 4 is 27.5 Å². The summed E-state index contributed by atoms with van der Waals surface area (Å²) in [6.45, 7) is 9.23. The van der Waals surface area contributed by atoms with E-state index in [9.17, 15) is 18.0 Å². The van der Waals surface area contributed by atoms with Crippen LogP contribution in [-0.4, -0.2) is 57.1 Å². The van der Waals surface area contributed by atoms with Crippen LogP contribution in [0.15, 0.2) is 42.5 Å². The Morgan fingerprint density at radius 2 is 1.69 bits per heavy atom. The molecule has 0 unspecified atom stereocenters. The fourth-order valence-electron chi connectivity index (χ4n) is 3.96. The van der Waals surface area contributed by atoms with E-state index in [1.807, 2.05) is 58.9 Å². The van der Waals surface area contributed by atoms with Crippen molar-refractivity contribution in [2.24, 2.45) is 0 Å². The van der Waals surface area contributed by atoms with Crippen molar-refractivity contribution < 1.29 is 22.7 Å². The Balaban J connectivity index is 2.51. The zero-order valence-corrected chi connectivity index (χ0v) is 23.2. The van der Waals surface area contributed by atoms with Gasteiger partial charge in [-0.05, 0) is 56.9 Å². The number of hydrogen-bond donors (Lipinski definition) is 1. The summed E-state index contributed by atoms with van der Waals surface area (Å²) in [5.74, 6) is -0.394. The zero-order valence-electron chi connectivity index (χ0n) is 22.4. The maximum absolute atomic E-state index is 13.8. The van der Waals surface area contributed by atoms with Gasteiger partial charge in [-0.1, -0.05) is 49.7 Å². The highest BCUT2D eigenvalue weighted by molar-refractivity contribution is 7.92. The van der Waals surface area contributed by atoms with Gasteiger partial charge >= 0.3 is 0 Å². The van der Waals surface area contributed by atoms with E-state index in [0.717, 1.165) is 33.7 Å². The maximum Gasteiger partial charge on any atom is 0.244 e. The van der Waals surface area contributed by atoms with Crippen LogP contribution in [0.4, 0.5) is 5.69 Å². The number of sulfonamides is 1. The van der Waals surface area contributed by atoms with E-state index in [4.69, 9.17) is 4.74 Å². The van der Waals surface area contributed by atoms with E-state index in [1.54, 1.807) is 18.2 Å². The van der Waals surface area contributed by atoms with Gasteiger partial charge in [0.05, 0.1) is 19.1 Å². The number of nitrogens with zero attached hydrogens (tertiary/aromatic N) is 2. The number of nitrogens with one attached hydrogen (secondary N) is 1. The van der Waals surface area contributed by atoms with Crippen LogP contribution >= 0.6 is 0 Å². The molecule has 2 aromatic carbocycles. The van der Waals surface area contributed by atoms with Gasteiger partial charge in [0.1, 0.15) is 18.3 Å². The summed E-state index contributed by atoms with van der Waals surface area (Å²) < 4.78 is 32.1. The smallest absolute Gasteiger partial charge is 0.244 e. The van der Waals surface area contributed by atoms with Crippen LogP contribution in [0.3, 0.4) is 0 Å². The van der Waals surface area contributed by atoms with Gasteiger partial charge in [-0.3, -0.25) is 13.9 Å². The molecule has 0 aromatic heterocycles. The molecular formula is C27H39N3O5S. The number of hydrogen-bond acceptors (Lipinski definition) is 5. The molecule has 0 saturated carbocycles. The van der Waals surface area contributed by atoms with Gasteiger partial charge in [-0.2, -0.15) is 0 Å². The summed E-state index contributed by atoms with van der Waals surface area (Å²) >= 11 is 0. The molecule has 2 rings (SSSR count). The SMILES string of the molecule is CC[C@H](C(=O)N[C@@H](C)CC)N(Cc1cccc(C)c1)C(=O)CN(c1cc(C)ccc1OC)S(C)(=O)=O. The van der Waals surface area contributed by atoms with Crippen molar-refractivity contribution in [1.82, 2.24) is 10.2 Å². The van der Waals surface area contributed by atoms with E-state index >= 15 is 0 Å². The van der Waals surface area contributed by atoms with E-state index in [-0.39, 0.29) is 24.2 Å². The third-order valence-corrected chi connectivity index (χ3v) is 7.23. The lowest BCUT2D eigenvalue weighted by Gasteiger charge is -2.33. The van der Waals surface area contributed by atoms with Crippen LogP contribution in [-0.2, 0) is 26.2 Å². The van der Waals surface area contributed by atoms with Crippen molar-refractivity contribution in [2.45, 2.75) is 66.1 Å². The zero-order chi connectivity index (χ0) is 27.0. The van der Waals surface area contributed by atoms with E-state index in [2.05, 4.69) is 5.32 Å². The van der Waals surface area contributed by atoms with Crippen LogP contribution < -0.4 is 14.4 Å². The number of carbonyl (C=O) groups excluding carboxylic acids is 2. The molecule has 0 fully saturated rings. The van der Waals surface area contributed by atoms with Gasteiger partial charge in [-0.25, -0.2) is 8.42 Å². The van der Waals surface area contributed by atoms with Crippen molar-refractivity contribution in [3.8, 4) is 5.75 Å². The highest BCUT2D eigenvalue weighted by Gasteiger charge is 2.33. The highest BCUT2D eigenvalue weighted by Crippen LogP contribution is 2.31. The van der Waals surface area contributed by atoms with Gasteiger partial charge in [0.25, 0.3) is 0 Å². The first-order chi connectivity index (χ1) is 16.9. The summed E-state index contributed by atoms with van der Waals surface area (Å²) in [5, 5.41) is 2.97. The summed E-state index contributed by atoms with van der Waals surface area (Å²) in [6, 6.07) is 12.0. The third kappa shape index (κ3) is 7.71. The Morgan fingerprint density at radius 1 is 1.03 bits per heavy atom. The molecule has 0 aliphatic heterocycles. The molecule has 8 nitrogen and oxygen atoms in total. The van der Waals surface area contributed by atoms with Crippen LogP contribution in [0.5, 0.6) is 5.75 Å². The number of rotatable bonds is 12. The molecule has 0 heterocycles. The topological polar surface area (TPSA) is 96.0 Å². The Hall–Kier alpha value is -3.07. The average Bonchev–Trinajstić information content (AvgIpc) is 2.81. The Kier molecular flexibility index (Phi) is 10.3. The molecule has 0 aliphatic carbocycles. The number of carbonyl (C=O) groups is 2. The summed E-state index contributed by atoms with van der Waals surface area (Å²) in [5.41, 5.74) is 2.99. The standard InChI is InChI=1S/C27H39N3O5S/c1-8-21(5)28-27(32)23(9-2)29(17-22-12-10-11-19(3)15-22)26(31)18-30(36(7,33)34)24-16-20(4)13-14-25(24)35-6/h10-16,21,23H,8-9,17-18H2,1-7H3,(H,28,32)/t21-,23+/m0/s1. The van der Waals surface area contributed by atoms with E-state index < -0.39 is 28.5 Å². The number of aryl methyl sites for hydroxylation is 2. The van der Waals surface area contributed by atoms with Gasteiger partial charge in [0.15, 0.2) is 0 Å². The number of benzene rings is 2. The molecule has 2 atom stereocenters. The molecule has 0 spiro atoms. The summed E-state index contributed by atoms with van der Waals surface area (Å²) in [6.07, 6.45) is 2.19. The van der Waals surface area contributed by atoms with E-state index in [0.29, 0.717) is 12.2 Å². The first kappa shape index (κ1) is 29.2. The molecule has 0 aliphatic rings. The monoisotopic (exact) mass is 517 g/mol. The molecule has 0 bridgehead atoms. The summed E-state index contributed by atoms with van der Waals surface area (Å²) in [7, 11) is -2.39. The molecule has 2 amide bonds. The lowest BCUT2D eigenvalue weighted by molar-refractivity contribution is -0.140. The molecule has 0 saturated heterocycles. The predicted octanol–water partition coefficient (Wildman–Crippen LogP) is 3.80. The lowest BCUT2D eigenvalue weighted by Crippen LogP contribution is -2.53. The van der Waals surface area contributed by atoms with Gasteiger partial charge < -0.3 is 15.0 Å². The summed E-state index contributed by atoms with van der Waals surface area (Å²) in [4.78, 5) is 28.5. The third-order valence-electron chi connectivity index (χ3n) is 6.10. The van der Waals surface area contributed by atoms with Crippen molar-refractivity contribution in [1.29, 1.82) is 0 Å². The lowest BCUT2D eigenvalue weighted by atomic mass is 10.1. The minimum atomic E-state index is -3.85. The van der Waals surface area contributed by atoms with Crippen LogP contribution in [0.25, 0.3) is 0 Å².